The minimum atomic E-state index is -4.51. The van der Waals surface area contributed by atoms with Gasteiger partial charge in [0, 0.05) is 19.2 Å². The second-order valence-corrected chi connectivity index (χ2v) is 7.93. The van der Waals surface area contributed by atoms with Crippen molar-refractivity contribution in [3.05, 3.63) is 94.7 Å². The van der Waals surface area contributed by atoms with Crippen LogP contribution in [-0.2, 0) is 35.2 Å². The predicted molar refractivity (Wildman–Crippen MR) is 122 cm³/mol. The molecule has 0 aliphatic rings. The first-order chi connectivity index (χ1) is 16.1. The van der Waals surface area contributed by atoms with E-state index in [1.54, 1.807) is 12.1 Å². The summed E-state index contributed by atoms with van der Waals surface area (Å²) in [5.41, 5.74) is 7.43. The van der Waals surface area contributed by atoms with E-state index in [-0.39, 0.29) is 24.9 Å². The number of nitrogens with one attached hydrogen (secondary N) is 2. The molecule has 34 heavy (non-hydrogen) atoms. The monoisotopic (exact) mass is 470 g/mol. The first-order valence-corrected chi connectivity index (χ1v) is 10.6. The summed E-state index contributed by atoms with van der Waals surface area (Å²) in [7, 11) is 0. The van der Waals surface area contributed by atoms with E-state index in [1.807, 2.05) is 31.2 Å². The third-order valence-electron chi connectivity index (χ3n) is 5.27. The van der Waals surface area contributed by atoms with E-state index in [4.69, 9.17) is 5.73 Å². The molecule has 3 rings (SSSR count). The fourth-order valence-corrected chi connectivity index (χ4v) is 3.40. The highest BCUT2D eigenvalue weighted by atomic mass is 19.4. The smallest absolute Gasteiger partial charge is 0.384 e. The molecule has 0 aliphatic carbocycles. The Morgan fingerprint density at radius 2 is 1.79 bits per heavy atom. The third-order valence-corrected chi connectivity index (χ3v) is 5.27. The lowest BCUT2D eigenvalue weighted by Crippen LogP contribution is -2.48. The normalized spacial score (nSPS) is 12.1. The average molecular weight is 470 g/mol. The molecule has 4 N–H and O–H groups in total. The van der Waals surface area contributed by atoms with Gasteiger partial charge in [0.25, 0.3) is 0 Å². The molecule has 0 saturated heterocycles. The van der Waals surface area contributed by atoms with Gasteiger partial charge in [-0.05, 0) is 41.3 Å². The fourth-order valence-electron chi connectivity index (χ4n) is 3.40. The van der Waals surface area contributed by atoms with Crippen LogP contribution in [0.4, 0.5) is 19.0 Å². The van der Waals surface area contributed by atoms with Crippen molar-refractivity contribution in [2.45, 2.75) is 38.5 Å². The van der Waals surface area contributed by atoms with Gasteiger partial charge in [0.15, 0.2) is 0 Å². The second kappa shape index (κ2) is 10.8. The molecule has 1 aromatic heterocycles. The van der Waals surface area contributed by atoms with Crippen LogP contribution < -0.4 is 16.4 Å². The van der Waals surface area contributed by atoms with Gasteiger partial charge in [-0.15, -0.1) is 0 Å². The molecular weight excluding hydrogens is 445 g/mol. The summed E-state index contributed by atoms with van der Waals surface area (Å²) in [6.45, 7) is 1.99. The molecule has 0 saturated carbocycles. The Bertz CT molecular complexity index is 1150. The number of nitrogens with zero attached hydrogens (tertiary/aromatic N) is 1. The van der Waals surface area contributed by atoms with Gasteiger partial charge in [0.2, 0.25) is 11.8 Å². The number of alkyl halides is 3. The number of carbonyl (C=O) groups excluding carboxylic acids is 2. The SMILES string of the molecule is Cc1ccccc1CC(=O)N[C@@H](Cc1cccc(C(F)(F)F)c1)C(=O)NCc1ccc(N)nc1. The molecule has 0 unspecified atom stereocenters. The number of aryl methyl sites for hydroxylation is 1. The topological polar surface area (TPSA) is 97.1 Å². The van der Waals surface area contributed by atoms with E-state index in [0.29, 0.717) is 11.4 Å². The van der Waals surface area contributed by atoms with Gasteiger partial charge in [0.05, 0.1) is 12.0 Å². The van der Waals surface area contributed by atoms with E-state index in [2.05, 4.69) is 15.6 Å². The maximum Gasteiger partial charge on any atom is 0.416 e. The quantitative estimate of drug-likeness (QED) is 0.469. The molecule has 2 aromatic carbocycles. The highest BCUT2D eigenvalue weighted by Crippen LogP contribution is 2.29. The van der Waals surface area contributed by atoms with Crippen molar-refractivity contribution < 1.29 is 22.8 Å². The summed E-state index contributed by atoms with van der Waals surface area (Å²) in [6.07, 6.45) is -3.06. The summed E-state index contributed by atoms with van der Waals surface area (Å²) in [4.78, 5) is 29.6. The van der Waals surface area contributed by atoms with Crippen molar-refractivity contribution in [1.29, 1.82) is 0 Å². The minimum Gasteiger partial charge on any atom is -0.384 e. The van der Waals surface area contributed by atoms with Crippen molar-refractivity contribution in [3.63, 3.8) is 0 Å². The summed E-state index contributed by atoms with van der Waals surface area (Å²) in [5, 5.41) is 5.38. The number of carbonyl (C=O) groups is 2. The van der Waals surface area contributed by atoms with Gasteiger partial charge < -0.3 is 16.4 Å². The maximum absolute atomic E-state index is 13.1. The molecule has 3 aromatic rings. The van der Waals surface area contributed by atoms with Crippen LogP contribution in [-0.4, -0.2) is 22.8 Å². The number of anilines is 1. The standard InChI is InChI=1S/C25H25F3N4O2/c1-16-5-2-3-7-19(16)13-23(33)32-21(12-17-6-4-8-20(11-17)25(26,27)28)24(34)31-15-18-9-10-22(29)30-14-18/h2-11,14,21H,12-13,15H2,1H3,(H2,29,30)(H,31,34)(H,32,33)/t21-/m0/s1. The van der Waals surface area contributed by atoms with Gasteiger partial charge >= 0.3 is 6.18 Å². The number of hydrogen-bond donors (Lipinski definition) is 3. The number of amides is 2. The van der Waals surface area contributed by atoms with E-state index >= 15 is 0 Å². The van der Waals surface area contributed by atoms with Crippen LogP contribution in [0.15, 0.2) is 66.9 Å². The van der Waals surface area contributed by atoms with Crippen LogP contribution in [0.1, 0.15) is 27.8 Å². The Morgan fingerprint density at radius 1 is 1.03 bits per heavy atom. The first kappa shape index (κ1) is 24.8. The van der Waals surface area contributed by atoms with Crippen molar-refractivity contribution in [2.24, 2.45) is 0 Å². The van der Waals surface area contributed by atoms with E-state index in [1.165, 1.54) is 18.3 Å². The van der Waals surface area contributed by atoms with Crippen molar-refractivity contribution in [2.75, 3.05) is 5.73 Å². The van der Waals surface area contributed by atoms with Gasteiger partial charge in [-0.2, -0.15) is 13.2 Å². The molecule has 0 spiro atoms. The predicted octanol–water partition coefficient (Wildman–Crippen LogP) is 3.58. The zero-order valence-corrected chi connectivity index (χ0v) is 18.5. The van der Waals surface area contributed by atoms with Gasteiger partial charge in [-0.3, -0.25) is 9.59 Å². The lowest BCUT2D eigenvalue weighted by molar-refractivity contribution is -0.137. The first-order valence-electron chi connectivity index (χ1n) is 10.6. The van der Waals surface area contributed by atoms with E-state index in [9.17, 15) is 22.8 Å². The second-order valence-electron chi connectivity index (χ2n) is 7.93. The Kier molecular flexibility index (Phi) is 7.88. The molecule has 0 radical (unpaired) electrons. The molecule has 2 amide bonds. The highest BCUT2D eigenvalue weighted by molar-refractivity contribution is 5.88. The van der Waals surface area contributed by atoms with Crippen molar-refractivity contribution in [3.8, 4) is 0 Å². The molecule has 0 bridgehead atoms. The summed E-state index contributed by atoms with van der Waals surface area (Å²) < 4.78 is 39.4. The molecule has 9 heteroatoms. The molecular formula is C25H25F3N4O2. The van der Waals surface area contributed by atoms with Gasteiger partial charge in [0.1, 0.15) is 11.9 Å². The van der Waals surface area contributed by atoms with Crippen LogP contribution in [0.5, 0.6) is 0 Å². The number of aromatic nitrogens is 1. The molecule has 0 fully saturated rings. The minimum absolute atomic E-state index is 0.0426. The largest absolute Gasteiger partial charge is 0.416 e. The molecule has 1 heterocycles. The number of hydrogen-bond acceptors (Lipinski definition) is 4. The third kappa shape index (κ3) is 7.06. The van der Waals surface area contributed by atoms with Crippen LogP contribution in [0.3, 0.4) is 0 Å². The number of nitrogen functional groups attached to an aromatic ring is 1. The Hall–Kier alpha value is -3.88. The summed E-state index contributed by atoms with van der Waals surface area (Å²) in [6, 6.07) is 14.3. The van der Waals surface area contributed by atoms with Gasteiger partial charge in [-0.1, -0.05) is 48.5 Å². The summed E-state index contributed by atoms with van der Waals surface area (Å²) >= 11 is 0. The van der Waals surface area contributed by atoms with Crippen molar-refractivity contribution in [1.82, 2.24) is 15.6 Å². The highest BCUT2D eigenvalue weighted by Gasteiger charge is 2.31. The lowest BCUT2D eigenvalue weighted by Gasteiger charge is -2.20. The van der Waals surface area contributed by atoms with Crippen LogP contribution in [0.2, 0.25) is 0 Å². The Balaban J connectivity index is 1.75. The van der Waals surface area contributed by atoms with Gasteiger partial charge in [-0.25, -0.2) is 4.98 Å². The average Bonchev–Trinajstić information content (AvgIpc) is 2.79. The van der Waals surface area contributed by atoms with E-state index in [0.717, 1.165) is 23.3 Å². The van der Waals surface area contributed by atoms with Crippen LogP contribution >= 0.6 is 0 Å². The number of benzene rings is 2. The number of nitrogens with two attached hydrogens (primary N) is 1. The van der Waals surface area contributed by atoms with Crippen LogP contribution in [0.25, 0.3) is 0 Å². The zero-order valence-electron chi connectivity index (χ0n) is 18.5. The zero-order chi connectivity index (χ0) is 24.7. The molecule has 1 atom stereocenters. The lowest BCUT2D eigenvalue weighted by atomic mass is 10.0. The van der Waals surface area contributed by atoms with Crippen LogP contribution in [0, 0.1) is 6.92 Å². The fraction of sp³-hybridized carbons (Fsp3) is 0.240. The number of pyridine rings is 1. The summed E-state index contributed by atoms with van der Waals surface area (Å²) in [5.74, 6) is -0.594. The number of rotatable bonds is 8. The Labute approximate surface area is 195 Å². The molecule has 6 nitrogen and oxygen atoms in total. The Morgan fingerprint density at radius 3 is 2.47 bits per heavy atom. The van der Waals surface area contributed by atoms with Crippen molar-refractivity contribution >= 4 is 17.6 Å². The van der Waals surface area contributed by atoms with E-state index < -0.39 is 29.6 Å². The number of halogens is 3. The maximum atomic E-state index is 13.1. The molecule has 178 valence electrons. The molecule has 0 aliphatic heterocycles.